The Morgan fingerprint density at radius 1 is 1.10 bits per heavy atom. The molecule has 2 heterocycles. The molecule has 0 atom stereocenters. The Hall–Kier alpha value is -2.76. The first-order chi connectivity index (χ1) is 10.2. The number of aromatic nitrogens is 4. The molecule has 0 aliphatic carbocycles. The summed E-state index contributed by atoms with van der Waals surface area (Å²) >= 11 is 0. The zero-order valence-corrected chi connectivity index (χ0v) is 11.6. The molecule has 0 amide bonds. The molecule has 6 heteroatoms. The van der Waals surface area contributed by atoms with E-state index in [1.54, 1.807) is 18.3 Å². The number of phenolic OH excluding ortho intramolecular Hbond substituents is 1. The molecule has 0 saturated heterocycles. The fraction of sp³-hybridized carbons (Fsp3) is 0.200. The van der Waals surface area contributed by atoms with Crippen molar-refractivity contribution in [3.63, 3.8) is 0 Å². The molecular formula is C15H15N5O. The second-order valence-corrected chi connectivity index (χ2v) is 4.75. The van der Waals surface area contributed by atoms with E-state index in [1.165, 1.54) is 6.33 Å². The highest BCUT2D eigenvalue weighted by Crippen LogP contribution is 2.15. The smallest absolute Gasteiger partial charge is 0.183 e. The third-order valence-corrected chi connectivity index (χ3v) is 3.11. The van der Waals surface area contributed by atoms with Gasteiger partial charge in [0.25, 0.3) is 0 Å². The molecule has 21 heavy (non-hydrogen) atoms. The minimum absolute atomic E-state index is 0.277. The maximum absolute atomic E-state index is 9.26. The van der Waals surface area contributed by atoms with E-state index in [4.69, 9.17) is 0 Å². The Kier molecular flexibility index (Phi) is 3.59. The molecule has 3 aromatic rings. The van der Waals surface area contributed by atoms with Gasteiger partial charge in [-0.05, 0) is 31.0 Å². The minimum atomic E-state index is 0.277. The van der Waals surface area contributed by atoms with E-state index in [2.05, 4.69) is 25.3 Å². The van der Waals surface area contributed by atoms with E-state index in [-0.39, 0.29) is 5.75 Å². The molecule has 0 fully saturated rings. The third kappa shape index (κ3) is 3.05. The van der Waals surface area contributed by atoms with Gasteiger partial charge < -0.3 is 10.4 Å². The van der Waals surface area contributed by atoms with Crippen molar-refractivity contribution in [3.8, 4) is 5.75 Å². The van der Waals surface area contributed by atoms with Gasteiger partial charge in [0.15, 0.2) is 17.0 Å². The number of anilines is 1. The van der Waals surface area contributed by atoms with E-state index in [1.807, 2.05) is 19.1 Å². The normalized spacial score (nSPS) is 10.7. The van der Waals surface area contributed by atoms with Gasteiger partial charge in [0.1, 0.15) is 12.1 Å². The largest absolute Gasteiger partial charge is 0.508 e. The topological polar surface area (TPSA) is 83.8 Å². The highest BCUT2D eigenvalue weighted by molar-refractivity contribution is 5.81. The van der Waals surface area contributed by atoms with Crippen LogP contribution in [0.4, 0.5) is 5.82 Å². The first-order valence-electron chi connectivity index (χ1n) is 6.68. The van der Waals surface area contributed by atoms with Gasteiger partial charge in [-0.25, -0.2) is 19.9 Å². The van der Waals surface area contributed by atoms with Crippen LogP contribution < -0.4 is 5.32 Å². The molecule has 0 unspecified atom stereocenters. The van der Waals surface area contributed by atoms with Crippen molar-refractivity contribution in [1.29, 1.82) is 0 Å². The molecule has 6 nitrogen and oxygen atoms in total. The molecule has 0 aliphatic heterocycles. The van der Waals surface area contributed by atoms with Crippen molar-refractivity contribution < 1.29 is 5.11 Å². The van der Waals surface area contributed by atoms with E-state index >= 15 is 0 Å². The van der Waals surface area contributed by atoms with Crippen molar-refractivity contribution >= 4 is 17.0 Å². The maximum atomic E-state index is 9.26. The lowest BCUT2D eigenvalue weighted by Crippen LogP contribution is -2.08. The van der Waals surface area contributed by atoms with Gasteiger partial charge in [-0.1, -0.05) is 12.1 Å². The van der Waals surface area contributed by atoms with Crippen LogP contribution in [0.25, 0.3) is 11.2 Å². The predicted molar refractivity (Wildman–Crippen MR) is 80.2 cm³/mol. The molecular weight excluding hydrogens is 266 g/mol. The van der Waals surface area contributed by atoms with Gasteiger partial charge >= 0.3 is 0 Å². The zero-order valence-electron chi connectivity index (χ0n) is 11.6. The highest BCUT2D eigenvalue weighted by atomic mass is 16.3. The number of nitrogens with one attached hydrogen (secondary N) is 1. The standard InChI is InChI=1S/C15H15N5O/c1-10-8-17-15-13(20-10)14(18-9-19-15)16-7-6-11-2-4-12(21)5-3-11/h2-5,8-9,21H,6-7H2,1H3,(H,16,17,18,19). The van der Waals surface area contributed by atoms with Gasteiger partial charge in [0, 0.05) is 6.54 Å². The summed E-state index contributed by atoms with van der Waals surface area (Å²) in [4.78, 5) is 17.0. The van der Waals surface area contributed by atoms with Crippen LogP contribution in [0.5, 0.6) is 5.75 Å². The second kappa shape index (κ2) is 5.70. The van der Waals surface area contributed by atoms with Crippen LogP contribution in [0.2, 0.25) is 0 Å². The molecule has 1 aromatic carbocycles. The fourth-order valence-electron chi connectivity index (χ4n) is 2.04. The van der Waals surface area contributed by atoms with Crippen LogP contribution in [-0.4, -0.2) is 31.6 Å². The van der Waals surface area contributed by atoms with Gasteiger partial charge in [0.05, 0.1) is 11.9 Å². The SMILES string of the molecule is Cc1cnc2ncnc(NCCc3ccc(O)cc3)c2n1. The Bertz CT molecular complexity index is 758. The number of fused-ring (bicyclic) bond motifs is 1. The average Bonchev–Trinajstić information content (AvgIpc) is 2.50. The average molecular weight is 281 g/mol. The number of aryl methyl sites for hydroxylation is 1. The summed E-state index contributed by atoms with van der Waals surface area (Å²) in [7, 11) is 0. The summed E-state index contributed by atoms with van der Waals surface area (Å²) in [6.07, 6.45) is 4.00. The molecule has 2 N–H and O–H groups in total. The molecule has 3 rings (SSSR count). The van der Waals surface area contributed by atoms with Crippen molar-refractivity contribution in [1.82, 2.24) is 19.9 Å². The lowest BCUT2D eigenvalue weighted by Gasteiger charge is -2.07. The molecule has 0 bridgehead atoms. The molecule has 2 aromatic heterocycles. The van der Waals surface area contributed by atoms with E-state index < -0.39 is 0 Å². The summed E-state index contributed by atoms with van der Waals surface area (Å²) in [6, 6.07) is 7.17. The number of rotatable bonds is 4. The number of hydrogen-bond donors (Lipinski definition) is 2. The van der Waals surface area contributed by atoms with Gasteiger partial charge in [-0.15, -0.1) is 0 Å². The van der Waals surface area contributed by atoms with E-state index in [0.717, 1.165) is 17.7 Å². The summed E-state index contributed by atoms with van der Waals surface area (Å²) in [6.45, 7) is 2.60. The van der Waals surface area contributed by atoms with Crippen LogP contribution in [-0.2, 0) is 6.42 Å². The van der Waals surface area contributed by atoms with Crippen LogP contribution >= 0.6 is 0 Å². The molecule has 0 saturated carbocycles. The summed E-state index contributed by atoms with van der Waals surface area (Å²) < 4.78 is 0. The van der Waals surface area contributed by atoms with Crippen LogP contribution in [0, 0.1) is 6.92 Å². The van der Waals surface area contributed by atoms with Gasteiger partial charge in [0.2, 0.25) is 0 Å². The van der Waals surface area contributed by atoms with Crippen molar-refractivity contribution in [2.45, 2.75) is 13.3 Å². The van der Waals surface area contributed by atoms with Crippen molar-refractivity contribution in [2.75, 3.05) is 11.9 Å². The molecule has 0 radical (unpaired) electrons. The summed E-state index contributed by atoms with van der Waals surface area (Å²) in [5.41, 5.74) is 3.24. The molecule has 106 valence electrons. The number of hydrogen-bond acceptors (Lipinski definition) is 6. The van der Waals surface area contributed by atoms with Crippen LogP contribution in [0.3, 0.4) is 0 Å². The Balaban J connectivity index is 1.73. The quantitative estimate of drug-likeness (QED) is 0.762. The first-order valence-corrected chi connectivity index (χ1v) is 6.68. The molecule has 0 spiro atoms. The summed E-state index contributed by atoms with van der Waals surface area (Å²) in [5, 5.41) is 12.5. The summed E-state index contributed by atoms with van der Waals surface area (Å²) in [5.74, 6) is 0.967. The highest BCUT2D eigenvalue weighted by Gasteiger charge is 2.06. The lowest BCUT2D eigenvalue weighted by molar-refractivity contribution is 0.475. The molecule has 0 aliphatic rings. The van der Waals surface area contributed by atoms with Crippen molar-refractivity contribution in [2.24, 2.45) is 0 Å². The predicted octanol–water partition coefficient (Wildman–Crippen LogP) is 2.09. The Labute approximate surface area is 121 Å². The van der Waals surface area contributed by atoms with Gasteiger partial charge in [-0.3, -0.25) is 0 Å². The van der Waals surface area contributed by atoms with E-state index in [9.17, 15) is 5.11 Å². The van der Waals surface area contributed by atoms with Crippen LogP contribution in [0.1, 0.15) is 11.3 Å². The second-order valence-electron chi connectivity index (χ2n) is 4.75. The van der Waals surface area contributed by atoms with Gasteiger partial charge in [-0.2, -0.15) is 0 Å². The number of benzene rings is 1. The Morgan fingerprint density at radius 2 is 1.90 bits per heavy atom. The number of nitrogens with zero attached hydrogens (tertiary/aromatic N) is 4. The maximum Gasteiger partial charge on any atom is 0.183 e. The monoisotopic (exact) mass is 281 g/mol. The third-order valence-electron chi connectivity index (χ3n) is 3.11. The number of phenols is 1. The van der Waals surface area contributed by atoms with Crippen molar-refractivity contribution in [3.05, 3.63) is 48.0 Å². The fourth-order valence-corrected chi connectivity index (χ4v) is 2.04. The first kappa shape index (κ1) is 13.2. The van der Waals surface area contributed by atoms with E-state index in [0.29, 0.717) is 23.5 Å². The Morgan fingerprint density at radius 3 is 2.71 bits per heavy atom. The van der Waals surface area contributed by atoms with Crippen LogP contribution in [0.15, 0.2) is 36.8 Å². The zero-order chi connectivity index (χ0) is 14.7. The lowest BCUT2D eigenvalue weighted by atomic mass is 10.1. The minimum Gasteiger partial charge on any atom is -0.508 e. The number of aromatic hydroxyl groups is 1.